The van der Waals surface area contributed by atoms with Crippen molar-refractivity contribution in [3.05, 3.63) is 29.8 Å². The number of benzene rings is 1. The van der Waals surface area contributed by atoms with Gasteiger partial charge in [-0.2, -0.15) is 0 Å². The summed E-state index contributed by atoms with van der Waals surface area (Å²) in [6.07, 6.45) is 2.23. The molecule has 0 spiro atoms. The first-order chi connectivity index (χ1) is 9.22. The zero-order valence-corrected chi connectivity index (χ0v) is 13.1. The molecular weight excluding hydrogens is 308 g/mol. The molecule has 0 amide bonds. The highest BCUT2D eigenvalue weighted by atomic mass is 79.9. The fourth-order valence-corrected chi connectivity index (χ4v) is 2.30. The van der Waals surface area contributed by atoms with Crippen molar-refractivity contribution < 1.29 is 14.3 Å². The van der Waals surface area contributed by atoms with Gasteiger partial charge in [0.25, 0.3) is 0 Å². The van der Waals surface area contributed by atoms with Crippen LogP contribution in [0.5, 0.6) is 5.75 Å². The van der Waals surface area contributed by atoms with Gasteiger partial charge in [-0.1, -0.05) is 41.4 Å². The molecule has 1 rings (SSSR count). The summed E-state index contributed by atoms with van der Waals surface area (Å²) in [7, 11) is 0. The summed E-state index contributed by atoms with van der Waals surface area (Å²) in [5.74, 6) is 0.729. The predicted octanol–water partition coefficient (Wildman–Crippen LogP) is 4.05. The van der Waals surface area contributed by atoms with Crippen molar-refractivity contribution in [1.82, 2.24) is 0 Å². The number of carbonyl (C=O) groups excluding carboxylic acids is 1. The van der Waals surface area contributed by atoms with Crippen molar-refractivity contribution in [2.45, 2.75) is 26.7 Å². The fraction of sp³-hybridized carbons (Fsp3) is 0.533. The molecule has 1 unspecified atom stereocenters. The van der Waals surface area contributed by atoms with Crippen LogP contribution in [0, 0.1) is 5.92 Å². The van der Waals surface area contributed by atoms with Gasteiger partial charge in [0.1, 0.15) is 11.3 Å². The third-order valence-corrected chi connectivity index (χ3v) is 3.69. The molecule has 0 fully saturated rings. The Morgan fingerprint density at radius 2 is 2.05 bits per heavy atom. The molecule has 0 saturated heterocycles. The second kappa shape index (κ2) is 8.97. The maximum absolute atomic E-state index is 11.8. The Morgan fingerprint density at radius 3 is 2.68 bits per heavy atom. The van der Waals surface area contributed by atoms with Crippen molar-refractivity contribution in [3.8, 4) is 5.75 Å². The van der Waals surface area contributed by atoms with Crippen molar-refractivity contribution in [3.63, 3.8) is 0 Å². The number of halogens is 1. The summed E-state index contributed by atoms with van der Waals surface area (Å²) in [5, 5.41) is 0.905. The zero-order chi connectivity index (χ0) is 14.1. The molecule has 0 aliphatic carbocycles. The Balaban J connectivity index is 2.69. The van der Waals surface area contributed by atoms with Crippen molar-refractivity contribution in [2.24, 2.45) is 5.92 Å². The first kappa shape index (κ1) is 16.0. The molecule has 1 atom stereocenters. The Morgan fingerprint density at radius 1 is 1.32 bits per heavy atom. The average molecular weight is 329 g/mol. The molecule has 0 bridgehead atoms. The van der Waals surface area contributed by atoms with Gasteiger partial charge in [-0.25, -0.2) is 4.79 Å². The molecule has 1 aromatic rings. The molecule has 0 aliphatic heterocycles. The molecule has 3 nitrogen and oxygen atoms in total. The largest absolute Gasteiger partial charge is 0.492 e. The molecule has 0 radical (unpaired) electrons. The lowest BCUT2D eigenvalue weighted by Gasteiger charge is -2.16. The molecule has 0 heterocycles. The van der Waals surface area contributed by atoms with Crippen LogP contribution in [0.15, 0.2) is 24.3 Å². The van der Waals surface area contributed by atoms with Crippen LogP contribution in [-0.4, -0.2) is 24.5 Å². The molecule has 19 heavy (non-hydrogen) atoms. The maximum atomic E-state index is 11.8. The Labute approximate surface area is 123 Å². The first-order valence-corrected chi connectivity index (χ1v) is 7.79. The van der Waals surface area contributed by atoms with E-state index in [1.165, 1.54) is 0 Å². The summed E-state index contributed by atoms with van der Waals surface area (Å²) in [6, 6.07) is 7.22. The Kier molecular flexibility index (Phi) is 7.56. The van der Waals surface area contributed by atoms with E-state index in [9.17, 15) is 4.79 Å². The molecule has 0 aliphatic rings. The van der Waals surface area contributed by atoms with E-state index in [-0.39, 0.29) is 5.97 Å². The third-order valence-electron chi connectivity index (χ3n) is 2.77. The maximum Gasteiger partial charge on any atom is 0.341 e. The minimum atomic E-state index is -0.330. The fourth-order valence-electron chi connectivity index (χ4n) is 1.79. The van der Waals surface area contributed by atoms with Crippen LogP contribution in [0.3, 0.4) is 0 Å². The van der Waals surface area contributed by atoms with Gasteiger partial charge in [0.2, 0.25) is 0 Å². The van der Waals surface area contributed by atoms with E-state index >= 15 is 0 Å². The number of hydrogen-bond acceptors (Lipinski definition) is 3. The minimum absolute atomic E-state index is 0.330. The summed E-state index contributed by atoms with van der Waals surface area (Å²) < 4.78 is 10.8. The van der Waals surface area contributed by atoms with Gasteiger partial charge < -0.3 is 9.47 Å². The van der Waals surface area contributed by atoms with Crippen LogP contribution in [-0.2, 0) is 4.74 Å². The van der Waals surface area contributed by atoms with E-state index in [0.717, 1.165) is 18.2 Å². The quantitative estimate of drug-likeness (QED) is 0.533. The summed E-state index contributed by atoms with van der Waals surface area (Å²) in [5.41, 5.74) is 0.495. The normalized spacial score (nSPS) is 11.9. The predicted molar refractivity (Wildman–Crippen MR) is 80.1 cm³/mol. The number of hydrogen-bond donors (Lipinski definition) is 0. The number of para-hydroxylation sites is 1. The second-order valence-corrected chi connectivity index (χ2v) is 4.98. The van der Waals surface area contributed by atoms with Gasteiger partial charge in [0, 0.05) is 11.2 Å². The summed E-state index contributed by atoms with van der Waals surface area (Å²) in [6.45, 7) is 4.92. The molecule has 0 saturated carbocycles. The zero-order valence-electron chi connectivity index (χ0n) is 11.5. The number of esters is 1. The van der Waals surface area contributed by atoms with Crippen LogP contribution in [0.25, 0.3) is 0 Å². The van der Waals surface area contributed by atoms with Gasteiger partial charge >= 0.3 is 5.97 Å². The Hall–Kier alpha value is -1.03. The Bertz CT molecular complexity index is 393. The van der Waals surface area contributed by atoms with Gasteiger partial charge in [-0.05, 0) is 25.5 Å². The van der Waals surface area contributed by atoms with Gasteiger partial charge in [-0.15, -0.1) is 0 Å². The highest BCUT2D eigenvalue weighted by Gasteiger charge is 2.14. The van der Waals surface area contributed by atoms with E-state index < -0.39 is 0 Å². The smallest absolute Gasteiger partial charge is 0.341 e. The number of rotatable bonds is 8. The van der Waals surface area contributed by atoms with Crippen molar-refractivity contribution in [2.75, 3.05) is 18.5 Å². The first-order valence-electron chi connectivity index (χ1n) is 6.67. The van der Waals surface area contributed by atoms with Crippen LogP contribution in [0.2, 0.25) is 0 Å². The van der Waals surface area contributed by atoms with Crippen LogP contribution in [0.4, 0.5) is 0 Å². The molecular formula is C15H21BrO3. The lowest BCUT2D eigenvalue weighted by atomic mass is 10.1. The SMILES string of the molecule is CCCC(CBr)COc1ccccc1C(=O)OCC. The molecule has 0 N–H and O–H groups in total. The number of carbonyl (C=O) groups is 1. The third kappa shape index (κ3) is 5.23. The van der Waals surface area contributed by atoms with Crippen LogP contribution < -0.4 is 4.74 Å². The summed E-state index contributed by atoms with van der Waals surface area (Å²) in [4.78, 5) is 11.8. The average Bonchev–Trinajstić information content (AvgIpc) is 2.44. The topological polar surface area (TPSA) is 35.5 Å². The lowest BCUT2D eigenvalue weighted by molar-refractivity contribution is 0.0521. The number of ether oxygens (including phenoxy) is 2. The van der Waals surface area contributed by atoms with E-state index in [0.29, 0.717) is 30.4 Å². The van der Waals surface area contributed by atoms with E-state index in [4.69, 9.17) is 9.47 Å². The van der Waals surface area contributed by atoms with E-state index in [1.807, 2.05) is 18.2 Å². The van der Waals surface area contributed by atoms with Gasteiger partial charge in [0.05, 0.1) is 13.2 Å². The number of alkyl halides is 1. The van der Waals surface area contributed by atoms with Gasteiger partial charge in [-0.3, -0.25) is 0 Å². The monoisotopic (exact) mass is 328 g/mol. The molecule has 106 valence electrons. The molecule has 1 aromatic carbocycles. The van der Waals surface area contributed by atoms with Gasteiger partial charge in [0.15, 0.2) is 0 Å². The minimum Gasteiger partial charge on any atom is -0.492 e. The van der Waals surface area contributed by atoms with Crippen molar-refractivity contribution >= 4 is 21.9 Å². The summed E-state index contributed by atoms with van der Waals surface area (Å²) >= 11 is 3.49. The molecule has 0 aromatic heterocycles. The molecule has 4 heteroatoms. The lowest BCUT2D eigenvalue weighted by Crippen LogP contribution is -2.15. The second-order valence-electron chi connectivity index (χ2n) is 4.34. The highest BCUT2D eigenvalue weighted by Crippen LogP contribution is 2.21. The highest BCUT2D eigenvalue weighted by molar-refractivity contribution is 9.09. The van der Waals surface area contributed by atoms with Crippen LogP contribution in [0.1, 0.15) is 37.0 Å². The van der Waals surface area contributed by atoms with E-state index in [2.05, 4.69) is 22.9 Å². The standard InChI is InChI=1S/C15H21BrO3/c1-3-7-12(10-16)11-19-14-9-6-5-8-13(14)15(17)18-4-2/h5-6,8-9,12H,3-4,7,10-11H2,1-2H3. The van der Waals surface area contributed by atoms with Crippen LogP contribution >= 0.6 is 15.9 Å². The van der Waals surface area contributed by atoms with Crippen molar-refractivity contribution in [1.29, 1.82) is 0 Å². The van der Waals surface area contributed by atoms with E-state index in [1.54, 1.807) is 13.0 Å².